The molecule has 0 heterocycles. The average molecular weight is 587 g/mol. The summed E-state index contributed by atoms with van der Waals surface area (Å²) in [4.78, 5) is 23.1. The van der Waals surface area contributed by atoms with Crippen molar-refractivity contribution >= 4 is 12.3 Å². The van der Waals surface area contributed by atoms with Crippen LogP contribution in [0.2, 0.25) is 0 Å². The van der Waals surface area contributed by atoms with E-state index in [1.165, 1.54) is 19.1 Å². The van der Waals surface area contributed by atoms with Crippen LogP contribution in [-0.4, -0.2) is 32.1 Å². The van der Waals surface area contributed by atoms with Crippen molar-refractivity contribution in [1.82, 2.24) is 0 Å². The molecule has 0 N–H and O–H groups in total. The minimum Gasteiger partial charge on any atom is -0.461 e. The Morgan fingerprint density at radius 3 is 1.58 bits per heavy atom. The monoisotopic (exact) mass is 586 g/mol. The van der Waals surface area contributed by atoms with Gasteiger partial charge in [0, 0.05) is 16.5 Å². The van der Waals surface area contributed by atoms with E-state index in [0.717, 1.165) is 28.5 Å². The van der Waals surface area contributed by atoms with E-state index in [4.69, 9.17) is 9.47 Å². The summed E-state index contributed by atoms with van der Waals surface area (Å²) in [6.07, 6.45) is 1.81. The summed E-state index contributed by atoms with van der Waals surface area (Å²) < 4.78 is 46.5. The summed E-state index contributed by atoms with van der Waals surface area (Å²) in [7, 11) is 0. The zero-order chi connectivity index (χ0) is 30.5. The Bertz CT molecular complexity index is 1380. The van der Waals surface area contributed by atoms with E-state index in [1.807, 2.05) is 72.8 Å². The lowest BCUT2D eigenvalue weighted by Crippen LogP contribution is -2.37. The first-order valence-electron chi connectivity index (χ1n) is 14.3. The summed E-state index contributed by atoms with van der Waals surface area (Å²) in [5.41, 5.74) is 3.41. The minimum atomic E-state index is -3.75. The molecule has 4 aromatic rings. The second kappa shape index (κ2) is 15.3. The van der Waals surface area contributed by atoms with Crippen molar-refractivity contribution in [2.75, 3.05) is 19.8 Å². The maximum Gasteiger partial charge on any atom is 0.381 e. The smallest absolute Gasteiger partial charge is 0.381 e. The number of alkyl halides is 2. The molecule has 0 bridgehead atoms. The molecule has 0 radical (unpaired) electrons. The van der Waals surface area contributed by atoms with Gasteiger partial charge in [0.15, 0.2) is 0 Å². The molecule has 0 fully saturated rings. The number of aldehydes is 1. The van der Waals surface area contributed by atoms with E-state index in [2.05, 4.69) is 4.74 Å². The lowest BCUT2D eigenvalue weighted by atomic mass is 9.77. The number of carbonyl (C=O) groups excluding carboxylic acids is 2. The van der Waals surface area contributed by atoms with Crippen LogP contribution in [0.3, 0.4) is 0 Å². The minimum absolute atomic E-state index is 0.130. The molecule has 7 heteroatoms. The topological polar surface area (TPSA) is 61.8 Å². The van der Waals surface area contributed by atoms with Gasteiger partial charge in [-0.15, -0.1) is 0 Å². The van der Waals surface area contributed by atoms with Crippen LogP contribution in [0.1, 0.15) is 45.1 Å². The van der Waals surface area contributed by atoms with E-state index in [9.17, 15) is 18.4 Å². The molecule has 0 saturated carbocycles. The Hall–Kier alpha value is -4.20. The summed E-state index contributed by atoms with van der Waals surface area (Å²) in [5.74, 6) is -5.32. The zero-order valence-electron chi connectivity index (χ0n) is 24.2. The van der Waals surface area contributed by atoms with Crippen molar-refractivity contribution in [2.45, 2.75) is 38.9 Å². The third-order valence-electron chi connectivity index (χ3n) is 7.16. The van der Waals surface area contributed by atoms with E-state index < -0.39 is 22.9 Å². The van der Waals surface area contributed by atoms with E-state index in [-0.39, 0.29) is 6.61 Å². The van der Waals surface area contributed by atoms with Crippen molar-refractivity contribution in [3.63, 3.8) is 0 Å². The normalized spacial score (nSPS) is 11.7. The van der Waals surface area contributed by atoms with Crippen LogP contribution in [0.15, 0.2) is 109 Å². The van der Waals surface area contributed by atoms with Crippen molar-refractivity contribution in [3.05, 3.63) is 143 Å². The van der Waals surface area contributed by atoms with Gasteiger partial charge in [-0.1, -0.05) is 109 Å². The molecule has 0 atom stereocenters. The molecule has 0 aromatic heterocycles. The fraction of sp³-hybridized carbons (Fsp3) is 0.278. The number of carbonyl (C=O) groups is 2. The summed E-state index contributed by atoms with van der Waals surface area (Å²) in [5, 5.41) is 0. The number of ether oxygens (including phenoxy) is 3. The molecule has 0 aliphatic rings. The van der Waals surface area contributed by atoms with Gasteiger partial charge in [0.2, 0.25) is 0 Å². The standard InChI is InChI=1S/C36H36F2O5/c1-2-43-34(40)36(37,38)33-19-17-29(18-20-33)22-35(21-28-13-15-30(23-39)16-14-28,26-41-24-31-9-5-3-6-10-31)27-42-25-32-11-7-4-8-12-32/h3-20,23H,2,21-22,24-27H2,1H3. The molecule has 0 aliphatic heterocycles. The SMILES string of the molecule is CCOC(=O)C(F)(F)c1ccc(CC(COCc2ccccc2)(COCc2ccccc2)Cc2ccc(C=O)cc2)cc1. The van der Waals surface area contributed by atoms with Crippen LogP contribution < -0.4 is 0 Å². The third kappa shape index (κ3) is 9.14. The Balaban J connectivity index is 1.62. The number of halogens is 2. The van der Waals surface area contributed by atoms with Gasteiger partial charge in [0.05, 0.1) is 33.0 Å². The van der Waals surface area contributed by atoms with Crippen LogP contribution in [-0.2, 0) is 51.0 Å². The van der Waals surface area contributed by atoms with Crippen molar-refractivity contribution < 1.29 is 32.6 Å². The molecule has 5 nitrogen and oxygen atoms in total. The second-order valence-corrected chi connectivity index (χ2v) is 10.7. The fourth-order valence-corrected chi connectivity index (χ4v) is 4.98. The van der Waals surface area contributed by atoms with Gasteiger partial charge >= 0.3 is 11.9 Å². The van der Waals surface area contributed by atoms with Gasteiger partial charge in [0.25, 0.3) is 0 Å². The molecule has 224 valence electrons. The number of rotatable bonds is 16. The first-order valence-corrected chi connectivity index (χ1v) is 14.3. The van der Waals surface area contributed by atoms with E-state index >= 15 is 0 Å². The molecule has 43 heavy (non-hydrogen) atoms. The lowest BCUT2D eigenvalue weighted by Gasteiger charge is -2.34. The maximum atomic E-state index is 14.7. The quantitative estimate of drug-likeness (QED) is 0.101. The van der Waals surface area contributed by atoms with Crippen LogP contribution >= 0.6 is 0 Å². The van der Waals surface area contributed by atoms with E-state index in [0.29, 0.717) is 44.8 Å². The Morgan fingerprint density at radius 1 is 0.674 bits per heavy atom. The number of esters is 1. The predicted molar refractivity (Wildman–Crippen MR) is 161 cm³/mol. The number of benzene rings is 4. The Labute approximate surface area is 251 Å². The van der Waals surface area contributed by atoms with Gasteiger partial charge in [-0.25, -0.2) is 4.79 Å². The summed E-state index contributed by atoms with van der Waals surface area (Å²) in [6, 6.07) is 32.8. The Kier molecular flexibility index (Phi) is 11.3. The molecular weight excluding hydrogens is 550 g/mol. The Morgan fingerprint density at radius 2 is 1.14 bits per heavy atom. The van der Waals surface area contributed by atoms with Gasteiger partial charge in [0.1, 0.15) is 6.29 Å². The zero-order valence-corrected chi connectivity index (χ0v) is 24.2. The number of hydrogen-bond donors (Lipinski definition) is 0. The summed E-state index contributed by atoms with van der Waals surface area (Å²) in [6.45, 7) is 2.81. The van der Waals surface area contributed by atoms with Crippen molar-refractivity contribution in [1.29, 1.82) is 0 Å². The highest BCUT2D eigenvalue weighted by atomic mass is 19.3. The van der Waals surface area contributed by atoms with Crippen molar-refractivity contribution in [3.8, 4) is 0 Å². The van der Waals surface area contributed by atoms with Crippen LogP contribution in [0.5, 0.6) is 0 Å². The number of hydrogen-bond acceptors (Lipinski definition) is 5. The van der Waals surface area contributed by atoms with Gasteiger partial charge in [-0.3, -0.25) is 4.79 Å². The largest absolute Gasteiger partial charge is 0.461 e. The van der Waals surface area contributed by atoms with E-state index in [1.54, 1.807) is 24.3 Å². The fourth-order valence-electron chi connectivity index (χ4n) is 4.98. The molecule has 0 spiro atoms. The lowest BCUT2D eigenvalue weighted by molar-refractivity contribution is -0.173. The van der Waals surface area contributed by atoms with Crippen LogP contribution in [0.4, 0.5) is 8.78 Å². The van der Waals surface area contributed by atoms with Crippen LogP contribution in [0.25, 0.3) is 0 Å². The first kappa shape index (κ1) is 31.7. The van der Waals surface area contributed by atoms with Crippen molar-refractivity contribution in [2.24, 2.45) is 5.41 Å². The highest BCUT2D eigenvalue weighted by molar-refractivity contribution is 5.79. The molecule has 0 amide bonds. The molecule has 4 rings (SSSR count). The molecule has 0 aliphatic carbocycles. The highest BCUT2D eigenvalue weighted by Gasteiger charge is 2.42. The van der Waals surface area contributed by atoms with Gasteiger partial charge < -0.3 is 14.2 Å². The van der Waals surface area contributed by atoms with Gasteiger partial charge in [-0.2, -0.15) is 8.78 Å². The third-order valence-corrected chi connectivity index (χ3v) is 7.16. The molecule has 0 saturated heterocycles. The second-order valence-electron chi connectivity index (χ2n) is 10.7. The molecule has 0 unspecified atom stereocenters. The summed E-state index contributed by atoms with van der Waals surface area (Å²) >= 11 is 0. The van der Waals surface area contributed by atoms with Crippen LogP contribution in [0, 0.1) is 5.41 Å². The predicted octanol–water partition coefficient (Wildman–Crippen LogP) is 7.36. The maximum absolute atomic E-state index is 14.7. The average Bonchev–Trinajstić information content (AvgIpc) is 3.03. The molecular formula is C36H36F2O5. The molecule has 4 aromatic carbocycles. The van der Waals surface area contributed by atoms with Gasteiger partial charge in [-0.05, 0) is 42.0 Å². The highest BCUT2D eigenvalue weighted by Crippen LogP contribution is 2.33. The first-order chi connectivity index (χ1) is 20.8.